The minimum absolute atomic E-state index is 0.0951. The first-order valence-electron chi connectivity index (χ1n) is 13.7. The second kappa shape index (κ2) is 11.9. The van der Waals surface area contributed by atoms with Crippen molar-refractivity contribution in [2.75, 3.05) is 14.1 Å². The van der Waals surface area contributed by atoms with E-state index < -0.39 is 18.1 Å². The summed E-state index contributed by atoms with van der Waals surface area (Å²) in [5.41, 5.74) is 3.15. The molecular weight excluding hydrogens is 538 g/mol. The number of carbonyl (C=O) groups is 2. The molecule has 0 aliphatic heterocycles. The molecule has 11 nitrogen and oxygen atoms in total. The van der Waals surface area contributed by atoms with Gasteiger partial charge in [0.05, 0.1) is 12.1 Å². The number of aromatic nitrogens is 4. The standard InChI is InChI=1S/C14H15F2N3O2.C14H17N3O3/c1-19(10-3-2-6-14(15,16)8-10)13(20)9-4-5-11-12(7-9)18-21-17-11;1-17(12-4-2-3-5-13(12)18)14(19)9-6-7-10-11(8-9)16-20-15-10/h4-5,7,10H,2-3,6,8H2,1H3;6-8,12-13,18H,2-5H2,1H3. The molecule has 0 bridgehead atoms. The first-order chi connectivity index (χ1) is 19.6. The van der Waals surface area contributed by atoms with Crippen LogP contribution in [0.4, 0.5) is 8.78 Å². The molecule has 2 saturated carbocycles. The van der Waals surface area contributed by atoms with Crippen LogP contribution >= 0.6 is 0 Å². The normalized spacial score (nSPS) is 22.1. The molecular formula is C28H32F2N6O5. The first kappa shape index (κ1) is 28.5. The lowest BCUT2D eigenvalue weighted by atomic mass is 9.91. The molecule has 218 valence electrons. The van der Waals surface area contributed by atoms with E-state index in [1.807, 2.05) is 0 Å². The van der Waals surface area contributed by atoms with E-state index in [1.165, 1.54) is 4.90 Å². The number of likely N-dealkylation sites (N-methyl/N-ethyl adjacent to an activating group) is 1. The highest BCUT2D eigenvalue weighted by Gasteiger charge is 2.39. The van der Waals surface area contributed by atoms with Crippen molar-refractivity contribution in [1.82, 2.24) is 30.4 Å². The summed E-state index contributed by atoms with van der Waals surface area (Å²) < 4.78 is 36.2. The summed E-state index contributed by atoms with van der Waals surface area (Å²) in [4.78, 5) is 28.0. The number of amides is 2. The zero-order valence-corrected chi connectivity index (χ0v) is 22.9. The molecule has 13 heteroatoms. The highest BCUT2D eigenvalue weighted by atomic mass is 19.3. The third-order valence-corrected chi connectivity index (χ3v) is 8.00. The minimum atomic E-state index is -2.68. The van der Waals surface area contributed by atoms with Crippen molar-refractivity contribution in [2.24, 2.45) is 0 Å². The van der Waals surface area contributed by atoms with E-state index in [0.29, 0.717) is 46.0 Å². The Kier molecular flexibility index (Phi) is 8.25. The van der Waals surface area contributed by atoms with E-state index in [2.05, 4.69) is 29.9 Å². The predicted octanol–water partition coefficient (Wildman–Crippen LogP) is 4.47. The molecule has 2 fully saturated rings. The smallest absolute Gasteiger partial charge is 0.254 e. The molecule has 2 aliphatic carbocycles. The summed E-state index contributed by atoms with van der Waals surface area (Å²) in [6.07, 6.45) is 3.90. The van der Waals surface area contributed by atoms with Crippen LogP contribution in [0.25, 0.3) is 22.1 Å². The van der Waals surface area contributed by atoms with Gasteiger partial charge in [0.2, 0.25) is 5.92 Å². The summed E-state index contributed by atoms with van der Waals surface area (Å²) in [5, 5.41) is 24.8. The van der Waals surface area contributed by atoms with Gasteiger partial charge in [-0.3, -0.25) is 9.59 Å². The molecule has 2 aromatic carbocycles. The fourth-order valence-corrected chi connectivity index (χ4v) is 5.57. The molecule has 2 amide bonds. The maximum atomic E-state index is 13.5. The Labute approximate surface area is 234 Å². The Hall–Kier alpha value is -4.00. The summed E-state index contributed by atoms with van der Waals surface area (Å²) >= 11 is 0. The van der Waals surface area contributed by atoms with Crippen molar-refractivity contribution in [3.8, 4) is 0 Å². The van der Waals surface area contributed by atoms with Gasteiger partial charge in [0.1, 0.15) is 22.1 Å². The van der Waals surface area contributed by atoms with Crippen LogP contribution in [-0.2, 0) is 0 Å². The van der Waals surface area contributed by atoms with Crippen LogP contribution in [0.5, 0.6) is 0 Å². The number of carbonyl (C=O) groups excluding carboxylic acids is 2. The average Bonchev–Trinajstić information content (AvgIpc) is 3.64. The summed E-state index contributed by atoms with van der Waals surface area (Å²) in [6.45, 7) is 0. The molecule has 0 spiro atoms. The molecule has 2 heterocycles. The van der Waals surface area contributed by atoms with Gasteiger partial charge in [-0.2, -0.15) is 0 Å². The SMILES string of the molecule is CN(C(=O)c1ccc2nonc2c1)C1CCCC(F)(F)C1.CN(C(=O)c1ccc2nonc2c1)C1CCCCC1O. The van der Waals surface area contributed by atoms with Crippen LogP contribution in [0.2, 0.25) is 0 Å². The zero-order chi connectivity index (χ0) is 29.1. The van der Waals surface area contributed by atoms with E-state index in [0.717, 1.165) is 25.7 Å². The van der Waals surface area contributed by atoms with Crippen molar-refractivity contribution in [3.05, 3.63) is 47.5 Å². The molecule has 3 unspecified atom stereocenters. The molecule has 1 N–H and O–H groups in total. The third kappa shape index (κ3) is 6.34. The number of benzene rings is 2. The Bertz CT molecular complexity index is 1520. The highest BCUT2D eigenvalue weighted by molar-refractivity contribution is 5.98. The maximum absolute atomic E-state index is 13.5. The van der Waals surface area contributed by atoms with Crippen LogP contribution in [-0.4, -0.2) is 85.6 Å². The van der Waals surface area contributed by atoms with Crippen LogP contribution in [0.1, 0.15) is 72.1 Å². The van der Waals surface area contributed by atoms with Gasteiger partial charge in [-0.1, -0.05) is 12.8 Å². The second-order valence-electron chi connectivity index (χ2n) is 10.8. The van der Waals surface area contributed by atoms with E-state index in [-0.39, 0.29) is 30.7 Å². The van der Waals surface area contributed by atoms with Crippen molar-refractivity contribution in [3.63, 3.8) is 0 Å². The predicted molar refractivity (Wildman–Crippen MR) is 143 cm³/mol. The van der Waals surface area contributed by atoms with Crippen molar-refractivity contribution < 1.29 is 32.7 Å². The summed E-state index contributed by atoms with van der Waals surface area (Å²) in [5.74, 6) is -3.08. The lowest BCUT2D eigenvalue weighted by Gasteiger charge is -2.35. The van der Waals surface area contributed by atoms with Crippen LogP contribution < -0.4 is 0 Å². The molecule has 2 aliphatic rings. The lowest BCUT2D eigenvalue weighted by Crippen LogP contribution is -2.46. The van der Waals surface area contributed by atoms with E-state index in [4.69, 9.17) is 0 Å². The number of halogens is 2. The number of rotatable bonds is 4. The van der Waals surface area contributed by atoms with Crippen LogP contribution in [0.3, 0.4) is 0 Å². The molecule has 4 aromatic rings. The van der Waals surface area contributed by atoms with Gasteiger partial charge in [0.15, 0.2) is 0 Å². The van der Waals surface area contributed by atoms with Gasteiger partial charge < -0.3 is 14.9 Å². The molecule has 3 atom stereocenters. The molecule has 0 saturated heterocycles. The van der Waals surface area contributed by atoms with Crippen molar-refractivity contribution in [2.45, 2.75) is 75.5 Å². The minimum Gasteiger partial charge on any atom is -0.391 e. The summed E-state index contributed by atoms with van der Waals surface area (Å²) in [7, 11) is 3.31. The Morgan fingerprint density at radius 3 is 1.90 bits per heavy atom. The van der Waals surface area contributed by atoms with Crippen molar-refractivity contribution in [1.29, 1.82) is 0 Å². The number of hydrogen-bond donors (Lipinski definition) is 1. The second-order valence-corrected chi connectivity index (χ2v) is 10.8. The number of hydrogen-bond acceptors (Lipinski definition) is 9. The number of fused-ring (bicyclic) bond motifs is 2. The van der Waals surface area contributed by atoms with Crippen molar-refractivity contribution >= 4 is 33.9 Å². The molecule has 41 heavy (non-hydrogen) atoms. The molecule has 2 aromatic heterocycles. The fourth-order valence-electron chi connectivity index (χ4n) is 5.57. The van der Waals surface area contributed by atoms with E-state index in [9.17, 15) is 23.5 Å². The molecule has 0 radical (unpaired) electrons. The van der Waals surface area contributed by atoms with Gasteiger partial charge in [-0.25, -0.2) is 18.0 Å². The van der Waals surface area contributed by atoms with E-state index >= 15 is 0 Å². The quantitative estimate of drug-likeness (QED) is 0.376. The van der Waals surface area contributed by atoms with Crippen LogP contribution in [0, 0.1) is 0 Å². The number of aliphatic hydroxyl groups excluding tert-OH is 1. The largest absolute Gasteiger partial charge is 0.391 e. The molecule has 6 rings (SSSR count). The Balaban J connectivity index is 0.000000165. The van der Waals surface area contributed by atoms with Gasteiger partial charge in [-0.05, 0) is 82.7 Å². The zero-order valence-electron chi connectivity index (χ0n) is 22.9. The number of alkyl halides is 2. The fraction of sp³-hybridized carbons (Fsp3) is 0.500. The topological polar surface area (TPSA) is 139 Å². The highest BCUT2D eigenvalue weighted by Crippen LogP contribution is 2.35. The number of aliphatic hydroxyl groups is 1. The maximum Gasteiger partial charge on any atom is 0.254 e. The van der Waals surface area contributed by atoms with Gasteiger partial charge in [0.25, 0.3) is 11.8 Å². The first-order valence-corrected chi connectivity index (χ1v) is 13.7. The van der Waals surface area contributed by atoms with E-state index in [1.54, 1.807) is 55.4 Å². The number of nitrogens with zero attached hydrogens (tertiary/aromatic N) is 6. The monoisotopic (exact) mass is 570 g/mol. The Morgan fingerprint density at radius 1 is 0.805 bits per heavy atom. The third-order valence-electron chi connectivity index (χ3n) is 8.00. The Morgan fingerprint density at radius 2 is 1.34 bits per heavy atom. The summed E-state index contributed by atoms with van der Waals surface area (Å²) in [6, 6.07) is 9.33. The van der Waals surface area contributed by atoms with Gasteiger partial charge >= 0.3 is 0 Å². The van der Waals surface area contributed by atoms with Gasteiger partial charge in [-0.15, -0.1) is 0 Å². The van der Waals surface area contributed by atoms with Crippen LogP contribution in [0.15, 0.2) is 45.7 Å². The lowest BCUT2D eigenvalue weighted by molar-refractivity contribution is -0.0563. The average molecular weight is 571 g/mol. The van der Waals surface area contributed by atoms with Gasteiger partial charge in [0, 0.05) is 44.1 Å².